The molecule has 3 N–H and O–H groups in total. The molecule has 3 rings (SSSR count). The Kier molecular flexibility index (Phi) is 5.42. The maximum atomic E-state index is 12.1. The summed E-state index contributed by atoms with van der Waals surface area (Å²) in [5, 5.41) is 12.1. The topological polar surface area (TPSA) is 98.7 Å². The van der Waals surface area contributed by atoms with Crippen LogP contribution >= 0.6 is 35.0 Å². The number of thioether (sulfide) groups is 1. The molecule has 7 nitrogen and oxygen atoms in total. The van der Waals surface area contributed by atoms with E-state index in [1.54, 1.807) is 42.7 Å². The van der Waals surface area contributed by atoms with Gasteiger partial charge in [0.1, 0.15) is 0 Å². The molecule has 25 heavy (non-hydrogen) atoms. The molecule has 0 saturated heterocycles. The van der Waals surface area contributed by atoms with Gasteiger partial charge in [0, 0.05) is 33.7 Å². The summed E-state index contributed by atoms with van der Waals surface area (Å²) in [6.07, 6.45) is 3.28. The van der Waals surface area contributed by atoms with Crippen LogP contribution in [0, 0.1) is 0 Å². The first-order chi connectivity index (χ1) is 12.0. The van der Waals surface area contributed by atoms with Crippen LogP contribution in [0.15, 0.2) is 47.9 Å². The third kappa shape index (κ3) is 4.41. The molecule has 1 aromatic carbocycles. The van der Waals surface area contributed by atoms with E-state index in [1.807, 2.05) is 0 Å². The van der Waals surface area contributed by atoms with Gasteiger partial charge in [-0.2, -0.15) is 0 Å². The number of pyridine rings is 1. The summed E-state index contributed by atoms with van der Waals surface area (Å²) in [6, 6.07) is 8.37. The summed E-state index contributed by atoms with van der Waals surface area (Å²) in [6.45, 7) is 0. The molecule has 1 amide bonds. The number of hydrogen-bond acceptors (Lipinski definition) is 6. The number of benzene rings is 1. The van der Waals surface area contributed by atoms with Crippen LogP contribution in [0.2, 0.25) is 10.0 Å². The van der Waals surface area contributed by atoms with E-state index in [9.17, 15) is 4.79 Å². The van der Waals surface area contributed by atoms with Crippen molar-refractivity contribution in [2.45, 2.75) is 5.16 Å². The molecule has 0 aliphatic rings. The Morgan fingerprint density at radius 2 is 1.84 bits per heavy atom. The van der Waals surface area contributed by atoms with E-state index in [1.165, 1.54) is 16.4 Å². The van der Waals surface area contributed by atoms with Crippen molar-refractivity contribution >= 4 is 46.6 Å². The fraction of sp³-hybridized carbons (Fsp3) is 0.0667. The quantitative estimate of drug-likeness (QED) is 0.509. The van der Waals surface area contributed by atoms with Crippen LogP contribution < -0.4 is 11.2 Å². The Hall–Kier alpha value is -2.29. The van der Waals surface area contributed by atoms with Gasteiger partial charge < -0.3 is 11.2 Å². The number of nitrogen functional groups attached to an aromatic ring is 1. The van der Waals surface area contributed by atoms with Crippen molar-refractivity contribution in [1.29, 1.82) is 0 Å². The van der Waals surface area contributed by atoms with Crippen molar-refractivity contribution in [3.05, 3.63) is 52.8 Å². The molecular weight excluding hydrogens is 383 g/mol. The molecule has 128 valence electrons. The van der Waals surface area contributed by atoms with Gasteiger partial charge in [0.15, 0.2) is 5.82 Å². The Morgan fingerprint density at radius 3 is 2.52 bits per heavy atom. The molecule has 0 atom stereocenters. The summed E-state index contributed by atoms with van der Waals surface area (Å²) in [4.78, 5) is 16.0. The molecule has 0 spiro atoms. The lowest BCUT2D eigenvalue weighted by atomic mass is 10.2. The first-order valence-electron chi connectivity index (χ1n) is 7.02. The van der Waals surface area contributed by atoms with Gasteiger partial charge in [-0.1, -0.05) is 35.0 Å². The van der Waals surface area contributed by atoms with E-state index in [-0.39, 0.29) is 11.7 Å². The predicted octanol–water partition coefficient (Wildman–Crippen LogP) is 3.09. The van der Waals surface area contributed by atoms with Crippen molar-refractivity contribution < 1.29 is 4.79 Å². The zero-order valence-electron chi connectivity index (χ0n) is 12.7. The van der Waals surface area contributed by atoms with Crippen molar-refractivity contribution in [3.8, 4) is 11.4 Å². The molecule has 0 aliphatic carbocycles. The van der Waals surface area contributed by atoms with Crippen LogP contribution in [-0.4, -0.2) is 31.5 Å². The number of nitrogens with one attached hydrogen (secondary N) is 1. The highest BCUT2D eigenvalue weighted by molar-refractivity contribution is 7.99. The average Bonchev–Trinajstić information content (AvgIpc) is 2.93. The number of carbonyl (C=O) groups is 1. The number of nitrogens with two attached hydrogens (primary N) is 1. The summed E-state index contributed by atoms with van der Waals surface area (Å²) < 4.78 is 1.34. The zero-order chi connectivity index (χ0) is 17.8. The van der Waals surface area contributed by atoms with Gasteiger partial charge in [0.2, 0.25) is 11.1 Å². The molecule has 0 bridgehead atoms. The van der Waals surface area contributed by atoms with E-state index in [4.69, 9.17) is 29.0 Å². The number of nitrogens with zero attached hydrogens (tertiary/aromatic N) is 4. The van der Waals surface area contributed by atoms with Crippen LogP contribution in [0.5, 0.6) is 0 Å². The van der Waals surface area contributed by atoms with E-state index in [0.29, 0.717) is 26.7 Å². The normalized spacial score (nSPS) is 10.6. The Labute approximate surface area is 157 Å². The second-order valence-corrected chi connectivity index (χ2v) is 6.72. The minimum absolute atomic E-state index is 0.107. The number of halogens is 2. The molecule has 0 saturated carbocycles. The van der Waals surface area contributed by atoms with Crippen molar-refractivity contribution in [3.63, 3.8) is 0 Å². The first kappa shape index (κ1) is 17.5. The smallest absolute Gasteiger partial charge is 0.234 e. The SMILES string of the molecule is Nn1c(SCC(=O)Nc2cc(Cl)cc(Cl)c2)nnc1-c1ccncc1. The van der Waals surface area contributed by atoms with Crippen LogP contribution in [0.4, 0.5) is 5.69 Å². The van der Waals surface area contributed by atoms with Gasteiger partial charge in [-0.25, -0.2) is 4.68 Å². The molecule has 0 fully saturated rings. The van der Waals surface area contributed by atoms with Gasteiger partial charge >= 0.3 is 0 Å². The van der Waals surface area contributed by atoms with Crippen LogP contribution in [0.1, 0.15) is 0 Å². The van der Waals surface area contributed by atoms with Gasteiger partial charge in [-0.3, -0.25) is 9.78 Å². The molecular formula is C15H12Cl2N6OS. The van der Waals surface area contributed by atoms with E-state index >= 15 is 0 Å². The van der Waals surface area contributed by atoms with Gasteiger partial charge in [-0.05, 0) is 30.3 Å². The Bertz CT molecular complexity index is 882. The molecule has 0 unspecified atom stereocenters. The lowest BCUT2D eigenvalue weighted by Gasteiger charge is -2.06. The summed E-state index contributed by atoms with van der Waals surface area (Å²) >= 11 is 13.0. The Balaban J connectivity index is 1.64. The second-order valence-electron chi connectivity index (χ2n) is 4.91. The van der Waals surface area contributed by atoms with E-state index in [2.05, 4.69) is 20.5 Å². The fourth-order valence-electron chi connectivity index (χ4n) is 2.03. The van der Waals surface area contributed by atoms with Crippen LogP contribution in [0.3, 0.4) is 0 Å². The number of amides is 1. The summed E-state index contributed by atoms with van der Waals surface area (Å²) in [5.74, 6) is 6.36. The molecule has 3 aromatic rings. The summed E-state index contributed by atoms with van der Waals surface area (Å²) in [5.41, 5.74) is 1.31. The number of anilines is 1. The third-order valence-electron chi connectivity index (χ3n) is 3.08. The highest BCUT2D eigenvalue weighted by Crippen LogP contribution is 2.24. The maximum absolute atomic E-state index is 12.1. The number of carbonyl (C=O) groups excluding carboxylic acids is 1. The van der Waals surface area contributed by atoms with Crippen molar-refractivity contribution in [2.75, 3.05) is 16.9 Å². The number of hydrogen-bond donors (Lipinski definition) is 2. The van der Waals surface area contributed by atoms with Crippen molar-refractivity contribution in [2.24, 2.45) is 0 Å². The third-order valence-corrected chi connectivity index (χ3v) is 4.46. The fourth-order valence-corrected chi connectivity index (χ4v) is 3.21. The zero-order valence-corrected chi connectivity index (χ0v) is 15.0. The highest BCUT2D eigenvalue weighted by atomic mass is 35.5. The molecule has 0 aliphatic heterocycles. The number of aromatic nitrogens is 4. The van der Waals surface area contributed by atoms with Gasteiger partial charge in [-0.15, -0.1) is 10.2 Å². The molecule has 2 aromatic heterocycles. The van der Waals surface area contributed by atoms with Crippen LogP contribution in [-0.2, 0) is 4.79 Å². The lowest BCUT2D eigenvalue weighted by molar-refractivity contribution is -0.113. The standard InChI is InChI=1S/C15H12Cl2N6OS/c16-10-5-11(17)7-12(6-10)20-13(24)8-25-15-22-21-14(23(15)18)9-1-3-19-4-2-9/h1-7H,8,18H2,(H,20,24). The van der Waals surface area contributed by atoms with Crippen molar-refractivity contribution in [1.82, 2.24) is 19.9 Å². The summed E-state index contributed by atoms with van der Waals surface area (Å²) in [7, 11) is 0. The van der Waals surface area contributed by atoms with E-state index in [0.717, 1.165) is 5.56 Å². The molecule has 0 radical (unpaired) electrons. The maximum Gasteiger partial charge on any atom is 0.234 e. The second kappa shape index (κ2) is 7.73. The minimum atomic E-state index is -0.239. The van der Waals surface area contributed by atoms with E-state index < -0.39 is 0 Å². The van der Waals surface area contributed by atoms with Crippen LogP contribution in [0.25, 0.3) is 11.4 Å². The molecule has 2 heterocycles. The van der Waals surface area contributed by atoms with Gasteiger partial charge in [0.05, 0.1) is 5.75 Å². The largest absolute Gasteiger partial charge is 0.335 e. The average molecular weight is 395 g/mol. The Morgan fingerprint density at radius 1 is 1.16 bits per heavy atom. The first-order valence-corrected chi connectivity index (χ1v) is 8.77. The van der Waals surface area contributed by atoms with Gasteiger partial charge in [0.25, 0.3) is 0 Å². The number of rotatable bonds is 5. The monoisotopic (exact) mass is 394 g/mol. The lowest BCUT2D eigenvalue weighted by Crippen LogP contribution is -2.16. The molecule has 10 heteroatoms. The highest BCUT2D eigenvalue weighted by Gasteiger charge is 2.14. The minimum Gasteiger partial charge on any atom is -0.335 e. The predicted molar refractivity (Wildman–Crippen MR) is 99.2 cm³/mol.